The van der Waals surface area contributed by atoms with Crippen molar-refractivity contribution in [2.75, 3.05) is 37.7 Å². The van der Waals surface area contributed by atoms with Crippen LogP contribution in [0.2, 0.25) is 0 Å². The van der Waals surface area contributed by atoms with Crippen molar-refractivity contribution >= 4 is 11.7 Å². The highest BCUT2D eigenvalue weighted by Crippen LogP contribution is 2.28. The Balaban J connectivity index is 1.53. The molecular weight excluding hydrogens is 364 g/mol. The van der Waals surface area contributed by atoms with Crippen molar-refractivity contribution in [3.63, 3.8) is 0 Å². The smallest absolute Gasteiger partial charge is 0.254 e. The fourth-order valence-electron chi connectivity index (χ4n) is 4.10. The molecule has 1 fully saturated rings. The first-order valence-electron chi connectivity index (χ1n) is 10.7. The number of aromatic nitrogens is 2. The van der Waals surface area contributed by atoms with Gasteiger partial charge in [0.15, 0.2) is 0 Å². The van der Waals surface area contributed by atoms with Gasteiger partial charge in [0.2, 0.25) is 0 Å². The maximum Gasteiger partial charge on any atom is 0.254 e. The summed E-state index contributed by atoms with van der Waals surface area (Å²) in [6, 6.07) is 8.12. The molecule has 2 aliphatic rings. The van der Waals surface area contributed by atoms with Gasteiger partial charge in [-0.2, -0.15) is 0 Å². The van der Waals surface area contributed by atoms with Crippen LogP contribution in [-0.4, -0.2) is 53.6 Å². The number of aryl methyl sites for hydroxylation is 2. The maximum absolute atomic E-state index is 13.1. The molecule has 0 atom stereocenters. The maximum atomic E-state index is 13.1. The van der Waals surface area contributed by atoms with Crippen LogP contribution in [0.5, 0.6) is 0 Å². The lowest BCUT2D eigenvalue weighted by molar-refractivity contribution is 0.0733. The van der Waals surface area contributed by atoms with Gasteiger partial charge < -0.3 is 14.5 Å². The summed E-state index contributed by atoms with van der Waals surface area (Å²) in [5.74, 6) is 1.86. The third-order valence-corrected chi connectivity index (χ3v) is 5.77. The Hall–Kier alpha value is -2.47. The molecule has 0 spiro atoms. The molecule has 1 aromatic heterocycles. The number of unbranched alkanes of at least 4 members (excludes halogenated alkanes) is 1. The van der Waals surface area contributed by atoms with Gasteiger partial charge in [0.1, 0.15) is 11.6 Å². The lowest BCUT2D eigenvalue weighted by Gasteiger charge is -2.34. The molecule has 0 bridgehead atoms. The van der Waals surface area contributed by atoms with Crippen LogP contribution in [0.4, 0.5) is 5.82 Å². The van der Waals surface area contributed by atoms with E-state index in [2.05, 4.69) is 28.9 Å². The van der Waals surface area contributed by atoms with Crippen molar-refractivity contribution in [3.05, 3.63) is 52.5 Å². The Labute approximate surface area is 172 Å². The molecule has 4 rings (SSSR count). The highest BCUT2D eigenvalue weighted by Gasteiger charge is 2.28. The normalized spacial score (nSPS) is 16.6. The lowest BCUT2D eigenvalue weighted by Crippen LogP contribution is -2.41. The number of benzene rings is 1. The van der Waals surface area contributed by atoms with Gasteiger partial charge in [0.05, 0.1) is 25.5 Å². The van der Waals surface area contributed by atoms with Gasteiger partial charge in [0, 0.05) is 37.2 Å². The number of amides is 1. The average Bonchev–Trinajstić information content (AvgIpc) is 2.77. The summed E-state index contributed by atoms with van der Waals surface area (Å²) in [5.41, 5.74) is 4.23. The van der Waals surface area contributed by atoms with Crippen molar-refractivity contribution in [2.24, 2.45) is 0 Å². The van der Waals surface area contributed by atoms with Crippen LogP contribution in [0.3, 0.4) is 0 Å². The summed E-state index contributed by atoms with van der Waals surface area (Å²) in [6.45, 7) is 8.49. The van der Waals surface area contributed by atoms with Crippen molar-refractivity contribution < 1.29 is 9.53 Å². The highest BCUT2D eigenvalue weighted by atomic mass is 16.5. The van der Waals surface area contributed by atoms with E-state index in [-0.39, 0.29) is 5.91 Å². The molecule has 1 saturated heterocycles. The minimum atomic E-state index is 0.0891. The van der Waals surface area contributed by atoms with Crippen LogP contribution in [0.1, 0.15) is 52.8 Å². The van der Waals surface area contributed by atoms with E-state index in [1.165, 1.54) is 18.4 Å². The number of ether oxygens (including phenoxy) is 1. The second-order valence-electron chi connectivity index (χ2n) is 7.90. The summed E-state index contributed by atoms with van der Waals surface area (Å²) in [5, 5.41) is 0. The lowest BCUT2D eigenvalue weighted by atomic mass is 10.0. The average molecular weight is 395 g/mol. The van der Waals surface area contributed by atoms with E-state index in [1.54, 1.807) is 0 Å². The fraction of sp³-hybridized carbons (Fsp3) is 0.522. The minimum absolute atomic E-state index is 0.0891. The number of anilines is 1. The highest BCUT2D eigenvalue weighted by molar-refractivity contribution is 5.94. The predicted octanol–water partition coefficient (Wildman–Crippen LogP) is 3.16. The number of carbonyl (C=O) groups is 1. The Morgan fingerprint density at radius 1 is 1.10 bits per heavy atom. The van der Waals surface area contributed by atoms with Crippen molar-refractivity contribution in [2.45, 2.75) is 46.1 Å². The summed E-state index contributed by atoms with van der Waals surface area (Å²) in [6.07, 6.45) is 4.21. The molecule has 1 aromatic carbocycles. The van der Waals surface area contributed by atoms with E-state index in [4.69, 9.17) is 9.72 Å². The van der Waals surface area contributed by atoms with Gasteiger partial charge in [-0.25, -0.2) is 9.97 Å². The Morgan fingerprint density at radius 3 is 2.59 bits per heavy atom. The van der Waals surface area contributed by atoms with Crippen molar-refractivity contribution in [1.82, 2.24) is 14.9 Å². The second kappa shape index (κ2) is 8.91. The van der Waals surface area contributed by atoms with Crippen LogP contribution >= 0.6 is 0 Å². The Kier molecular flexibility index (Phi) is 6.09. The first-order valence-corrected chi connectivity index (χ1v) is 10.7. The van der Waals surface area contributed by atoms with Gasteiger partial charge in [0.25, 0.3) is 5.91 Å². The standard InChI is InChI=1S/C23H30N4O2/c1-3-4-5-18-6-8-19(9-7-18)23(28)27-11-10-21-20(16-27)22(25-17(2)24-21)26-12-14-29-15-13-26/h6-9H,3-5,10-16H2,1-2H3. The van der Waals surface area contributed by atoms with Gasteiger partial charge in [-0.3, -0.25) is 4.79 Å². The first kappa shape index (κ1) is 19.8. The zero-order chi connectivity index (χ0) is 20.2. The molecule has 3 heterocycles. The molecule has 2 aromatic rings. The Bertz CT molecular complexity index is 860. The third-order valence-electron chi connectivity index (χ3n) is 5.77. The molecule has 154 valence electrons. The van der Waals surface area contributed by atoms with E-state index in [1.807, 2.05) is 24.0 Å². The number of hydrogen-bond donors (Lipinski definition) is 0. The molecule has 29 heavy (non-hydrogen) atoms. The second-order valence-corrected chi connectivity index (χ2v) is 7.90. The molecule has 2 aliphatic heterocycles. The molecule has 0 unspecified atom stereocenters. The van der Waals surface area contributed by atoms with Crippen molar-refractivity contribution in [3.8, 4) is 0 Å². The molecule has 0 N–H and O–H groups in total. The van der Waals surface area contributed by atoms with Crippen LogP contribution in [-0.2, 0) is 24.1 Å². The fourth-order valence-corrected chi connectivity index (χ4v) is 4.10. The van der Waals surface area contributed by atoms with Gasteiger partial charge in [-0.1, -0.05) is 25.5 Å². The van der Waals surface area contributed by atoms with Crippen LogP contribution in [0, 0.1) is 6.92 Å². The third kappa shape index (κ3) is 4.42. The van der Waals surface area contributed by atoms with E-state index >= 15 is 0 Å². The number of nitrogens with zero attached hydrogens (tertiary/aromatic N) is 4. The molecule has 6 nitrogen and oxygen atoms in total. The molecule has 0 saturated carbocycles. The SMILES string of the molecule is CCCCc1ccc(C(=O)N2CCc3nc(C)nc(N4CCOCC4)c3C2)cc1. The van der Waals surface area contributed by atoms with E-state index < -0.39 is 0 Å². The molecule has 1 amide bonds. The number of fused-ring (bicyclic) bond motifs is 1. The molecule has 0 aliphatic carbocycles. The molecule has 6 heteroatoms. The predicted molar refractivity (Wildman–Crippen MR) is 113 cm³/mol. The summed E-state index contributed by atoms with van der Waals surface area (Å²) < 4.78 is 5.50. The minimum Gasteiger partial charge on any atom is -0.378 e. The monoisotopic (exact) mass is 394 g/mol. The number of rotatable bonds is 5. The quantitative estimate of drug-likeness (QED) is 0.780. The van der Waals surface area contributed by atoms with Crippen LogP contribution in [0.15, 0.2) is 24.3 Å². The van der Waals surface area contributed by atoms with E-state index in [0.717, 1.165) is 54.4 Å². The zero-order valence-electron chi connectivity index (χ0n) is 17.5. The molecular formula is C23H30N4O2. The number of hydrogen-bond acceptors (Lipinski definition) is 5. The van der Waals surface area contributed by atoms with E-state index in [9.17, 15) is 4.79 Å². The Morgan fingerprint density at radius 2 is 1.86 bits per heavy atom. The van der Waals surface area contributed by atoms with Crippen molar-refractivity contribution in [1.29, 1.82) is 0 Å². The molecule has 0 radical (unpaired) electrons. The summed E-state index contributed by atoms with van der Waals surface area (Å²) in [7, 11) is 0. The topological polar surface area (TPSA) is 58.6 Å². The van der Waals surface area contributed by atoms with E-state index in [0.29, 0.717) is 26.3 Å². The summed E-state index contributed by atoms with van der Waals surface area (Å²) >= 11 is 0. The number of morpholine rings is 1. The summed E-state index contributed by atoms with van der Waals surface area (Å²) in [4.78, 5) is 26.8. The first-order chi connectivity index (χ1) is 14.2. The number of carbonyl (C=O) groups excluding carboxylic acids is 1. The van der Waals surface area contributed by atoms with Gasteiger partial charge in [-0.15, -0.1) is 0 Å². The van der Waals surface area contributed by atoms with Gasteiger partial charge >= 0.3 is 0 Å². The largest absolute Gasteiger partial charge is 0.378 e. The van der Waals surface area contributed by atoms with Crippen LogP contribution < -0.4 is 4.90 Å². The zero-order valence-corrected chi connectivity index (χ0v) is 17.5. The van der Waals surface area contributed by atoms with Gasteiger partial charge in [-0.05, 0) is 37.5 Å². The van der Waals surface area contributed by atoms with Crippen LogP contribution in [0.25, 0.3) is 0 Å².